The van der Waals surface area contributed by atoms with Crippen LogP contribution in [0.5, 0.6) is 0 Å². The lowest BCUT2D eigenvalue weighted by molar-refractivity contribution is -0.353. The Bertz CT molecular complexity index is 1390. The van der Waals surface area contributed by atoms with Crippen LogP contribution in [0.4, 0.5) is 0 Å². The summed E-state index contributed by atoms with van der Waals surface area (Å²) < 4.78 is 34.1. The van der Waals surface area contributed by atoms with Gasteiger partial charge in [-0.3, -0.25) is 9.59 Å². The third-order valence-electron chi connectivity index (χ3n) is 11.1. The van der Waals surface area contributed by atoms with Crippen LogP contribution in [-0.4, -0.2) is 118 Å². The summed E-state index contributed by atoms with van der Waals surface area (Å²) in [6.07, 6.45) is 29.7. The number of ether oxygens (including phenoxy) is 6. The van der Waals surface area contributed by atoms with Crippen molar-refractivity contribution in [1.82, 2.24) is 0 Å². The summed E-state index contributed by atoms with van der Waals surface area (Å²) in [6.45, 7) is 6.77. The Kier molecular flexibility index (Phi) is 32.3. The Labute approximate surface area is 384 Å². The fourth-order valence-electron chi connectivity index (χ4n) is 7.21. The van der Waals surface area contributed by atoms with E-state index in [1.807, 2.05) is 0 Å². The largest absolute Gasteiger partial charge is 0.462 e. The summed E-state index contributed by atoms with van der Waals surface area (Å²) in [7, 11) is 0. The van der Waals surface area contributed by atoms with Crippen LogP contribution in [0.25, 0.3) is 0 Å². The van der Waals surface area contributed by atoms with Gasteiger partial charge in [0.1, 0.15) is 43.2 Å². The molecule has 13 heteroatoms. The highest BCUT2D eigenvalue weighted by Crippen LogP contribution is 2.29. The van der Waals surface area contributed by atoms with Crippen molar-refractivity contribution < 1.29 is 63.5 Å². The first-order chi connectivity index (χ1) is 31.0. The molecule has 0 aliphatic carbocycles. The van der Waals surface area contributed by atoms with Crippen molar-refractivity contribution in [1.29, 1.82) is 0 Å². The topological polar surface area (TPSA) is 191 Å². The number of carbonyl (C=O) groups excluding carboxylic acids is 2. The molecule has 2 aliphatic rings. The van der Waals surface area contributed by atoms with E-state index in [-0.39, 0.29) is 26.1 Å². The van der Waals surface area contributed by atoms with Crippen LogP contribution in [0, 0.1) is 0 Å². The molecule has 0 amide bonds. The van der Waals surface area contributed by atoms with Gasteiger partial charge in [-0.1, -0.05) is 125 Å². The van der Waals surface area contributed by atoms with Gasteiger partial charge in [0, 0.05) is 12.8 Å². The molecule has 366 valence electrons. The van der Waals surface area contributed by atoms with E-state index in [4.69, 9.17) is 28.4 Å². The van der Waals surface area contributed by atoms with Crippen molar-refractivity contribution in [3.05, 3.63) is 72.9 Å². The molecule has 0 radical (unpaired) electrons. The lowest BCUT2D eigenvalue weighted by atomic mass is 9.97. The van der Waals surface area contributed by atoms with Gasteiger partial charge in [-0.2, -0.15) is 0 Å². The smallest absolute Gasteiger partial charge is 0.306 e. The summed E-state index contributed by atoms with van der Waals surface area (Å²) in [6, 6.07) is 0. The predicted octanol–water partition coefficient (Wildman–Crippen LogP) is 8.32. The van der Waals surface area contributed by atoms with E-state index in [9.17, 15) is 35.1 Å². The van der Waals surface area contributed by atoms with Gasteiger partial charge in [-0.05, 0) is 90.9 Å². The average molecular weight is 905 g/mol. The maximum Gasteiger partial charge on any atom is 0.306 e. The highest BCUT2D eigenvalue weighted by atomic mass is 16.7. The van der Waals surface area contributed by atoms with Gasteiger partial charge in [0.2, 0.25) is 0 Å². The third-order valence-corrected chi connectivity index (χ3v) is 11.1. The zero-order chi connectivity index (χ0) is 46.8. The van der Waals surface area contributed by atoms with Crippen molar-refractivity contribution in [3.63, 3.8) is 0 Å². The first-order valence-electron chi connectivity index (χ1n) is 24.2. The molecule has 13 nitrogen and oxygen atoms in total. The van der Waals surface area contributed by atoms with Crippen molar-refractivity contribution in [2.24, 2.45) is 0 Å². The van der Waals surface area contributed by atoms with Crippen molar-refractivity contribution in [2.75, 3.05) is 13.2 Å². The molecule has 2 rings (SSSR count). The second-order valence-corrected chi connectivity index (χ2v) is 16.8. The summed E-state index contributed by atoms with van der Waals surface area (Å²) in [5, 5.41) is 52.6. The van der Waals surface area contributed by atoms with E-state index in [2.05, 4.69) is 86.8 Å². The Hall–Kier alpha value is -2.98. The van der Waals surface area contributed by atoms with E-state index < -0.39 is 79.5 Å². The van der Waals surface area contributed by atoms with Gasteiger partial charge < -0.3 is 54.0 Å². The number of hydrogen-bond acceptors (Lipinski definition) is 13. The number of hydrogen-bond donors (Lipinski definition) is 5. The van der Waals surface area contributed by atoms with Gasteiger partial charge in [0.25, 0.3) is 0 Å². The molecular weight excluding hydrogens is 821 g/mol. The van der Waals surface area contributed by atoms with Crippen LogP contribution in [0.2, 0.25) is 0 Å². The van der Waals surface area contributed by atoms with Gasteiger partial charge >= 0.3 is 11.9 Å². The number of esters is 2. The molecule has 0 aromatic heterocycles. The SMILES string of the molecule is CC/C=C\C/C=C\CC=CCCCCCCCC(=O)OCC(CO[C@H]1O[C@H](C)[C@H](O[C@H]2O[C@H](C)[C@H](O)[C@@H](O)[C@H]2O)[C@@H](O)[C@H]1O)OC(=O)CCCCCCC/C=C\C/C=C\C/C=C\CC. The molecule has 0 saturated carbocycles. The Morgan fingerprint density at radius 2 is 0.953 bits per heavy atom. The number of aliphatic hydroxyl groups is 5. The quantitative estimate of drug-likeness (QED) is 0.0236. The molecule has 0 aromatic carbocycles. The van der Waals surface area contributed by atoms with E-state index in [1.165, 1.54) is 6.92 Å². The average Bonchev–Trinajstić information content (AvgIpc) is 3.28. The van der Waals surface area contributed by atoms with E-state index >= 15 is 0 Å². The van der Waals surface area contributed by atoms with Crippen LogP contribution >= 0.6 is 0 Å². The summed E-state index contributed by atoms with van der Waals surface area (Å²) in [5.74, 6) is -0.873. The number of rotatable bonds is 34. The number of unbranched alkanes of at least 4 members (excludes halogenated alkanes) is 10. The highest BCUT2D eigenvalue weighted by Gasteiger charge is 2.49. The maximum atomic E-state index is 13.0. The van der Waals surface area contributed by atoms with Gasteiger partial charge in [-0.15, -0.1) is 0 Å². The third kappa shape index (κ3) is 25.1. The van der Waals surface area contributed by atoms with Crippen molar-refractivity contribution >= 4 is 11.9 Å². The second-order valence-electron chi connectivity index (χ2n) is 16.8. The molecule has 0 bridgehead atoms. The minimum absolute atomic E-state index is 0.185. The lowest BCUT2D eigenvalue weighted by Gasteiger charge is -2.45. The predicted molar refractivity (Wildman–Crippen MR) is 249 cm³/mol. The monoisotopic (exact) mass is 905 g/mol. The normalized spacial score (nSPS) is 27.3. The molecule has 2 aliphatic heterocycles. The zero-order valence-corrected chi connectivity index (χ0v) is 39.3. The van der Waals surface area contributed by atoms with Crippen molar-refractivity contribution in [3.8, 4) is 0 Å². The van der Waals surface area contributed by atoms with Crippen molar-refractivity contribution in [2.45, 2.75) is 224 Å². The molecule has 0 aromatic rings. The van der Waals surface area contributed by atoms with Crippen LogP contribution in [0.15, 0.2) is 72.9 Å². The molecule has 5 N–H and O–H groups in total. The van der Waals surface area contributed by atoms with Gasteiger partial charge in [0.15, 0.2) is 18.7 Å². The van der Waals surface area contributed by atoms with Crippen LogP contribution in [-0.2, 0) is 38.0 Å². The van der Waals surface area contributed by atoms with Crippen LogP contribution < -0.4 is 0 Å². The fraction of sp³-hybridized carbons (Fsp3) is 0.725. The van der Waals surface area contributed by atoms with Crippen LogP contribution in [0.1, 0.15) is 156 Å². The summed E-state index contributed by atoms with van der Waals surface area (Å²) >= 11 is 0. The summed E-state index contributed by atoms with van der Waals surface area (Å²) in [4.78, 5) is 25.7. The van der Waals surface area contributed by atoms with E-state index in [0.29, 0.717) is 12.8 Å². The molecule has 2 fully saturated rings. The fourth-order valence-corrected chi connectivity index (χ4v) is 7.21. The molecule has 0 spiro atoms. The zero-order valence-electron chi connectivity index (χ0n) is 39.3. The minimum atomic E-state index is -1.63. The molecule has 11 atom stereocenters. The second kappa shape index (κ2) is 36.2. The highest BCUT2D eigenvalue weighted by molar-refractivity contribution is 5.70. The van der Waals surface area contributed by atoms with Gasteiger partial charge in [-0.25, -0.2) is 0 Å². The maximum absolute atomic E-state index is 13.0. The van der Waals surface area contributed by atoms with Crippen LogP contribution in [0.3, 0.4) is 0 Å². The van der Waals surface area contributed by atoms with E-state index in [0.717, 1.165) is 103 Å². The molecule has 1 unspecified atom stereocenters. The molecule has 2 heterocycles. The van der Waals surface area contributed by atoms with Gasteiger partial charge in [0.05, 0.1) is 18.8 Å². The summed E-state index contributed by atoms with van der Waals surface area (Å²) in [5.41, 5.74) is 0. The molecular formula is C51H84O13. The first-order valence-corrected chi connectivity index (χ1v) is 24.2. The number of carbonyl (C=O) groups is 2. The Balaban J connectivity index is 1.80. The number of aliphatic hydroxyl groups excluding tert-OH is 5. The standard InChI is InChI=1S/C51H84O13/c1-5-7-9-11-13-15-17-19-21-23-25-27-29-31-33-35-42(52)59-37-41(63-43(53)36-34-32-30-28-26-24-22-20-18-16-14-12-10-8-6-2)38-60-50-48(58)46(56)49(40(4)62-50)64-51-47(57)45(55)44(54)39(3)61-51/h7-10,13-16,19-22,39-41,44-51,54-58H,5-6,11-12,17-18,23-38H2,1-4H3/b9-7-,10-8-,15-13-,16-14-,21-19?,22-20-/t39-,40-,41?,44+,45-,46+,47-,48-,49+,50+,51-/m1/s1. The Morgan fingerprint density at radius 1 is 0.500 bits per heavy atom. The first kappa shape index (κ1) is 57.1. The molecule has 2 saturated heterocycles. The van der Waals surface area contributed by atoms with E-state index in [1.54, 1.807) is 6.92 Å². The number of allylic oxidation sites excluding steroid dienone is 12. The molecule has 64 heavy (non-hydrogen) atoms. The minimum Gasteiger partial charge on any atom is -0.462 e. The Morgan fingerprint density at radius 3 is 1.50 bits per heavy atom. The lowest BCUT2D eigenvalue weighted by Crippen LogP contribution is -2.63.